The topological polar surface area (TPSA) is 66.5 Å². The Hall–Kier alpha value is -0.120. The van der Waals surface area contributed by atoms with Crippen molar-refractivity contribution in [1.29, 1.82) is 0 Å². The Bertz CT molecular complexity index is 37.5. The SMILES string of the molecule is CCCCCC.CO.NCCO. The van der Waals surface area contributed by atoms with E-state index >= 15 is 0 Å². The summed E-state index contributed by atoms with van der Waals surface area (Å²) in [5.74, 6) is 0. The average molecular weight is 179 g/mol. The summed E-state index contributed by atoms with van der Waals surface area (Å²) >= 11 is 0. The highest BCUT2D eigenvalue weighted by atomic mass is 16.3. The highest BCUT2D eigenvalue weighted by molar-refractivity contribution is 4.31. The van der Waals surface area contributed by atoms with E-state index in [-0.39, 0.29) is 6.61 Å². The van der Waals surface area contributed by atoms with Crippen LogP contribution in [0.4, 0.5) is 0 Å². The van der Waals surface area contributed by atoms with Crippen molar-refractivity contribution in [2.45, 2.75) is 39.5 Å². The molecule has 3 nitrogen and oxygen atoms in total. The Morgan fingerprint density at radius 1 is 1.00 bits per heavy atom. The minimum Gasteiger partial charge on any atom is -0.400 e. The molecule has 0 saturated heterocycles. The standard InChI is InChI=1S/C6H14.C2H7NO.CH4O/c1-3-5-6-4-2;3-1-2-4;1-2/h3-6H2,1-2H3;4H,1-3H2;2H,1H3. The van der Waals surface area contributed by atoms with E-state index in [1.807, 2.05) is 0 Å². The van der Waals surface area contributed by atoms with Gasteiger partial charge in [-0.05, 0) is 0 Å². The maximum atomic E-state index is 7.75. The van der Waals surface area contributed by atoms with Crippen molar-refractivity contribution in [3.05, 3.63) is 0 Å². The molecule has 0 fully saturated rings. The molecule has 0 aliphatic rings. The van der Waals surface area contributed by atoms with E-state index in [0.29, 0.717) is 6.54 Å². The smallest absolute Gasteiger partial charge is 0.0553 e. The molecule has 0 bridgehead atoms. The van der Waals surface area contributed by atoms with Crippen molar-refractivity contribution in [3.8, 4) is 0 Å². The molecule has 0 saturated carbocycles. The lowest BCUT2D eigenvalue weighted by atomic mass is 10.2. The molecule has 3 heteroatoms. The predicted molar refractivity (Wildman–Crippen MR) is 54.1 cm³/mol. The Kier molecular flexibility index (Phi) is 45.7. The van der Waals surface area contributed by atoms with Gasteiger partial charge in [0.2, 0.25) is 0 Å². The molecule has 12 heavy (non-hydrogen) atoms. The van der Waals surface area contributed by atoms with Gasteiger partial charge < -0.3 is 15.9 Å². The van der Waals surface area contributed by atoms with E-state index in [4.69, 9.17) is 15.9 Å². The number of hydrogen-bond acceptors (Lipinski definition) is 3. The Balaban J connectivity index is -0.000000118. The lowest BCUT2D eigenvalue weighted by Gasteiger charge is -1.86. The molecule has 0 aromatic rings. The van der Waals surface area contributed by atoms with Gasteiger partial charge in [0, 0.05) is 13.7 Å². The van der Waals surface area contributed by atoms with Crippen LogP contribution in [0.2, 0.25) is 0 Å². The number of aliphatic hydroxyl groups excluding tert-OH is 2. The van der Waals surface area contributed by atoms with E-state index in [9.17, 15) is 0 Å². The molecule has 0 radical (unpaired) electrons. The molecule has 0 atom stereocenters. The first-order chi connectivity index (χ1) is 5.83. The van der Waals surface area contributed by atoms with Crippen LogP contribution in [0.5, 0.6) is 0 Å². The van der Waals surface area contributed by atoms with Crippen molar-refractivity contribution in [2.75, 3.05) is 20.3 Å². The number of rotatable bonds is 4. The Morgan fingerprint density at radius 3 is 1.33 bits per heavy atom. The largest absolute Gasteiger partial charge is 0.400 e. The molecule has 0 aliphatic carbocycles. The maximum Gasteiger partial charge on any atom is 0.0553 e. The summed E-state index contributed by atoms with van der Waals surface area (Å²) < 4.78 is 0. The predicted octanol–water partition coefficient (Wildman–Crippen LogP) is 1.13. The second-order valence-corrected chi connectivity index (χ2v) is 2.22. The third-order valence-electron chi connectivity index (χ3n) is 1.09. The molecule has 0 aliphatic heterocycles. The average Bonchev–Trinajstić information content (AvgIpc) is 2.18. The molecule has 0 aromatic carbocycles. The third-order valence-corrected chi connectivity index (χ3v) is 1.09. The van der Waals surface area contributed by atoms with Crippen molar-refractivity contribution < 1.29 is 10.2 Å². The van der Waals surface area contributed by atoms with Crippen LogP contribution in [0.1, 0.15) is 39.5 Å². The summed E-state index contributed by atoms with van der Waals surface area (Å²) in [6, 6.07) is 0. The fourth-order valence-electron chi connectivity index (χ4n) is 0.500. The lowest BCUT2D eigenvalue weighted by Crippen LogP contribution is -2.02. The zero-order valence-electron chi connectivity index (χ0n) is 8.71. The molecule has 0 spiro atoms. The highest BCUT2D eigenvalue weighted by Gasteiger charge is 1.75. The monoisotopic (exact) mass is 179 g/mol. The third kappa shape index (κ3) is 51.8. The Labute approximate surface area is 76.6 Å². The molecule has 0 rings (SSSR count). The molecule has 0 amide bonds. The van der Waals surface area contributed by atoms with Gasteiger partial charge in [0.15, 0.2) is 0 Å². The summed E-state index contributed by atoms with van der Waals surface area (Å²) in [7, 11) is 1.00. The van der Waals surface area contributed by atoms with E-state index in [0.717, 1.165) is 7.11 Å². The molecule has 0 heterocycles. The quantitative estimate of drug-likeness (QED) is 0.567. The van der Waals surface area contributed by atoms with Gasteiger partial charge in [0.05, 0.1) is 6.61 Å². The molecular weight excluding hydrogens is 154 g/mol. The lowest BCUT2D eigenvalue weighted by molar-refractivity contribution is 0.306. The van der Waals surface area contributed by atoms with Crippen LogP contribution in [0.25, 0.3) is 0 Å². The summed E-state index contributed by atoms with van der Waals surface area (Å²) in [5.41, 5.74) is 4.78. The van der Waals surface area contributed by atoms with E-state index in [2.05, 4.69) is 13.8 Å². The fourth-order valence-corrected chi connectivity index (χ4v) is 0.500. The first-order valence-electron chi connectivity index (χ1n) is 4.59. The van der Waals surface area contributed by atoms with Crippen molar-refractivity contribution in [2.24, 2.45) is 5.73 Å². The normalized spacial score (nSPS) is 7.50. The van der Waals surface area contributed by atoms with Crippen LogP contribution in [0, 0.1) is 0 Å². The van der Waals surface area contributed by atoms with Crippen LogP contribution in [-0.4, -0.2) is 30.5 Å². The maximum absolute atomic E-state index is 7.75. The van der Waals surface area contributed by atoms with Gasteiger partial charge in [0.1, 0.15) is 0 Å². The van der Waals surface area contributed by atoms with E-state index < -0.39 is 0 Å². The van der Waals surface area contributed by atoms with Gasteiger partial charge in [-0.15, -0.1) is 0 Å². The minimum absolute atomic E-state index is 0.0972. The van der Waals surface area contributed by atoms with Gasteiger partial charge >= 0.3 is 0 Å². The van der Waals surface area contributed by atoms with Crippen LogP contribution < -0.4 is 5.73 Å². The zero-order valence-corrected chi connectivity index (χ0v) is 8.71. The Morgan fingerprint density at radius 2 is 1.25 bits per heavy atom. The molecule has 4 N–H and O–H groups in total. The summed E-state index contributed by atoms with van der Waals surface area (Å²) in [6.07, 6.45) is 5.54. The van der Waals surface area contributed by atoms with Gasteiger partial charge in [-0.25, -0.2) is 0 Å². The van der Waals surface area contributed by atoms with Crippen molar-refractivity contribution in [1.82, 2.24) is 0 Å². The second-order valence-electron chi connectivity index (χ2n) is 2.22. The highest BCUT2D eigenvalue weighted by Crippen LogP contribution is 1.95. The summed E-state index contributed by atoms with van der Waals surface area (Å²) in [6.45, 7) is 4.94. The molecular formula is C9H25NO2. The number of unbranched alkanes of at least 4 members (excludes halogenated alkanes) is 3. The summed E-state index contributed by atoms with van der Waals surface area (Å²) in [4.78, 5) is 0. The van der Waals surface area contributed by atoms with E-state index in [1.54, 1.807) is 0 Å². The first-order valence-corrected chi connectivity index (χ1v) is 4.59. The van der Waals surface area contributed by atoms with Crippen LogP contribution in [-0.2, 0) is 0 Å². The number of nitrogens with two attached hydrogens (primary N) is 1. The fraction of sp³-hybridized carbons (Fsp3) is 1.00. The zero-order chi connectivity index (χ0) is 10.2. The summed E-state index contributed by atoms with van der Waals surface area (Å²) in [5, 5.41) is 14.8. The van der Waals surface area contributed by atoms with Crippen LogP contribution in [0.15, 0.2) is 0 Å². The number of hydrogen-bond donors (Lipinski definition) is 3. The number of aliphatic hydroxyl groups is 2. The molecule has 0 unspecified atom stereocenters. The van der Waals surface area contributed by atoms with Crippen molar-refractivity contribution >= 4 is 0 Å². The van der Waals surface area contributed by atoms with E-state index in [1.165, 1.54) is 25.7 Å². The molecule has 78 valence electrons. The second kappa shape index (κ2) is 30.7. The van der Waals surface area contributed by atoms with Crippen LogP contribution >= 0.6 is 0 Å². The minimum atomic E-state index is 0.0972. The van der Waals surface area contributed by atoms with Gasteiger partial charge in [-0.3, -0.25) is 0 Å². The van der Waals surface area contributed by atoms with Gasteiger partial charge in [0.25, 0.3) is 0 Å². The van der Waals surface area contributed by atoms with Crippen molar-refractivity contribution in [3.63, 3.8) is 0 Å². The van der Waals surface area contributed by atoms with Crippen LogP contribution in [0.3, 0.4) is 0 Å². The van der Waals surface area contributed by atoms with Gasteiger partial charge in [-0.2, -0.15) is 0 Å². The van der Waals surface area contributed by atoms with Gasteiger partial charge in [-0.1, -0.05) is 39.5 Å². The first kappa shape index (κ1) is 17.8. The molecule has 0 aromatic heterocycles.